The summed E-state index contributed by atoms with van der Waals surface area (Å²) in [6, 6.07) is 3.99. The molecule has 0 saturated carbocycles. The van der Waals surface area contributed by atoms with Crippen LogP contribution in [0.5, 0.6) is 11.5 Å². The van der Waals surface area contributed by atoms with E-state index < -0.39 is 0 Å². The molecule has 0 bridgehead atoms. The maximum Gasteiger partial charge on any atom is 0.233 e. The van der Waals surface area contributed by atoms with Crippen molar-refractivity contribution in [3.05, 3.63) is 35.4 Å². The molecular formula is C24H38N2O3S. The SMILES string of the molecule is CC=CCc1cc(CC2SCC(=O)N2CCCN(CC)CC)cc(OC(C)C)c1O. The van der Waals surface area contributed by atoms with Crippen molar-refractivity contribution in [1.29, 1.82) is 0 Å². The molecule has 1 atom stereocenters. The van der Waals surface area contributed by atoms with Crippen LogP contribution in [0.3, 0.4) is 0 Å². The van der Waals surface area contributed by atoms with E-state index in [2.05, 4.69) is 24.8 Å². The Bertz CT molecular complexity index is 717. The van der Waals surface area contributed by atoms with Gasteiger partial charge in [-0.2, -0.15) is 0 Å². The third-order valence-electron chi connectivity index (χ3n) is 5.40. The number of allylic oxidation sites excluding steroid dienone is 2. The zero-order chi connectivity index (χ0) is 22.1. The molecule has 1 aliphatic rings. The molecule has 0 spiro atoms. The Morgan fingerprint density at radius 1 is 1.33 bits per heavy atom. The third-order valence-corrected chi connectivity index (χ3v) is 6.61. The first kappa shape index (κ1) is 24.6. The number of ether oxygens (including phenoxy) is 1. The number of thioether (sulfide) groups is 1. The van der Waals surface area contributed by atoms with Crippen LogP contribution in [0.2, 0.25) is 0 Å². The van der Waals surface area contributed by atoms with E-state index in [1.165, 1.54) is 0 Å². The first-order valence-corrected chi connectivity index (χ1v) is 12.2. The van der Waals surface area contributed by atoms with Crippen LogP contribution >= 0.6 is 11.8 Å². The molecule has 1 aliphatic heterocycles. The molecule has 1 aromatic rings. The van der Waals surface area contributed by atoms with Gasteiger partial charge in [-0.25, -0.2) is 0 Å². The minimum absolute atomic E-state index is 0.0141. The normalized spacial score (nSPS) is 17.1. The Morgan fingerprint density at radius 2 is 2.07 bits per heavy atom. The van der Waals surface area contributed by atoms with Gasteiger partial charge in [0.1, 0.15) is 0 Å². The van der Waals surface area contributed by atoms with E-state index in [4.69, 9.17) is 4.74 Å². The maximum atomic E-state index is 12.5. The molecule has 0 aromatic heterocycles. The van der Waals surface area contributed by atoms with Gasteiger partial charge in [-0.05, 0) is 64.9 Å². The standard InChI is InChI=1S/C24H38N2O3S/c1-6-9-11-20-14-19(15-21(24(20)28)29-18(4)5)16-23-26(22(27)17-30-23)13-10-12-25(7-2)8-3/h6,9,14-15,18,23,28H,7-8,10-13,16-17H2,1-5H3. The van der Waals surface area contributed by atoms with Crippen molar-refractivity contribution >= 4 is 17.7 Å². The lowest BCUT2D eigenvalue weighted by atomic mass is 10.0. The minimum Gasteiger partial charge on any atom is -0.504 e. The highest BCUT2D eigenvalue weighted by atomic mass is 32.2. The van der Waals surface area contributed by atoms with Gasteiger partial charge in [0.2, 0.25) is 5.91 Å². The van der Waals surface area contributed by atoms with E-state index >= 15 is 0 Å². The van der Waals surface area contributed by atoms with Gasteiger partial charge in [0.15, 0.2) is 11.5 Å². The highest BCUT2D eigenvalue weighted by Gasteiger charge is 2.31. The summed E-state index contributed by atoms with van der Waals surface area (Å²) in [7, 11) is 0. The van der Waals surface area contributed by atoms with E-state index in [9.17, 15) is 9.90 Å². The van der Waals surface area contributed by atoms with E-state index in [1.807, 2.05) is 43.9 Å². The predicted octanol–water partition coefficient (Wildman–Crippen LogP) is 4.47. The number of nitrogens with zero attached hydrogens (tertiary/aromatic N) is 2. The molecule has 1 N–H and O–H groups in total. The van der Waals surface area contributed by atoms with Crippen LogP contribution in [0.15, 0.2) is 24.3 Å². The number of amides is 1. The molecule has 2 rings (SSSR count). The smallest absolute Gasteiger partial charge is 0.233 e. The van der Waals surface area contributed by atoms with Crippen LogP contribution in [-0.4, -0.2) is 64.2 Å². The molecule has 30 heavy (non-hydrogen) atoms. The number of phenolic OH excluding ortho intramolecular Hbond substituents is 1. The number of benzene rings is 1. The van der Waals surface area contributed by atoms with Crippen molar-refractivity contribution in [2.24, 2.45) is 0 Å². The molecule has 1 saturated heterocycles. The van der Waals surface area contributed by atoms with Crippen LogP contribution in [0.1, 0.15) is 52.2 Å². The summed E-state index contributed by atoms with van der Waals surface area (Å²) >= 11 is 1.72. The molecule has 1 amide bonds. The third kappa shape index (κ3) is 6.95. The second kappa shape index (κ2) is 12.3. The summed E-state index contributed by atoms with van der Waals surface area (Å²) < 4.78 is 5.87. The second-order valence-corrected chi connectivity index (χ2v) is 9.14. The molecule has 1 aromatic carbocycles. The van der Waals surface area contributed by atoms with Crippen molar-refractivity contribution < 1.29 is 14.6 Å². The Balaban J connectivity index is 2.14. The molecule has 5 nitrogen and oxygen atoms in total. The summed E-state index contributed by atoms with van der Waals surface area (Å²) in [5, 5.41) is 10.8. The molecule has 1 heterocycles. The molecule has 6 heteroatoms. The van der Waals surface area contributed by atoms with Gasteiger partial charge in [0.05, 0.1) is 17.2 Å². The first-order valence-electron chi connectivity index (χ1n) is 11.2. The minimum atomic E-state index is -0.0141. The average molecular weight is 435 g/mol. The van der Waals surface area contributed by atoms with E-state index in [0.29, 0.717) is 17.9 Å². The van der Waals surface area contributed by atoms with Crippen molar-refractivity contribution in [2.45, 2.75) is 65.4 Å². The van der Waals surface area contributed by atoms with Crippen molar-refractivity contribution in [3.8, 4) is 11.5 Å². The molecule has 168 valence electrons. The highest BCUT2D eigenvalue weighted by Crippen LogP contribution is 2.35. The fourth-order valence-corrected chi connectivity index (χ4v) is 4.95. The number of rotatable bonds is 12. The quantitative estimate of drug-likeness (QED) is 0.492. The summed E-state index contributed by atoms with van der Waals surface area (Å²) in [5.74, 6) is 1.53. The lowest BCUT2D eigenvalue weighted by Gasteiger charge is -2.26. The Labute approximate surface area is 186 Å². The number of carbonyl (C=O) groups is 1. The summed E-state index contributed by atoms with van der Waals surface area (Å²) in [4.78, 5) is 16.9. The van der Waals surface area contributed by atoms with Gasteiger partial charge < -0.3 is 19.6 Å². The average Bonchev–Trinajstić information content (AvgIpc) is 3.05. The molecular weight excluding hydrogens is 396 g/mol. The monoisotopic (exact) mass is 434 g/mol. The van der Waals surface area contributed by atoms with Gasteiger partial charge in [0.25, 0.3) is 0 Å². The van der Waals surface area contributed by atoms with Crippen LogP contribution < -0.4 is 4.74 Å². The highest BCUT2D eigenvalue weighted by molar-refractivity contribution is 8.01. The number of hydrogen-bond acceptors (Lipinski definition) is 5. The van der Waals surface area contributed by atoms with Crippen molar-refractivity contribution in [1.82, 2.24) is 9.80 Å². The number of hydrogen-bond donors (Lipinski definition) is 1. The van der Waals surface area contributed by atoms with E-state index in [1.54, 1.807) is 11.8 Å². The lowest BCUT2D eigenvalue weighted by Crippen LogP contribution is -2.36. The molecule has 0 aliphatic carbocycles. The summed E-state index contributed by atoms with van der Waals surface area (Å²) in [6.45, 7) is 14.2. The van der Waals surface area contributed by atoms with E-state index in [-0.39, 0.29) is 23.1 Å². The van der Waals surface area contributed by atoms with Gasteiger partial charge >= 0.3 is 0 Å². The number of aromatic hydroxyl groups is 1. The van der Waals surface area contributed by atoms with Gasteiger partial charge in [-0.15, -0.1) is 11.8 Å². The Morgan fingerprint density at radius 3 is 2.70 bits per heavy atom. The Hall–Kier alpha value is -1.66. The largest absolute Gasteiger partial charge is 0.504 e. The zero-order valence-electron chi connectivity index (χ0n) is 19.2. The summed E-state index contributed by atoms with van der Waals surface area (Å²) in [5.41, 5.74) is 1.97. The zero-order valence-corrected chi connectivity index (χ0v) is 20.0. The fourth-order valence-electron chi connectivity index (χ4n) is 3.74. The topological polar surface area (TPSA) is 53.0 Å². The van der Waals surface area contributed by atoms with Crippen LogP contribution in [0, 0.1) is 0 Å². The fraction of sp³-hybridized carbons (Fsp3) is 0.625. The molecule has 1 fully saturated rings. The number of carbonyl (C=O) groups excluding carboxylic acids is 1. The lowest BCUT2D eigenvalue weighted by molar-refractivity contribution is -0.128. The number of phenols is 1. The van der Waals surface area contributed by atoms with Crippen LogP contribution in [0.25, 0.3) is 0 Å². The first-order chi connectivity index (χ1) is 14.4. The van der Waals surface area contributed by atoms with Gasteiger partial charge in [-0.3, -0.25) is 4.79 Å². The van der Waals surface area contributed by atoms with Crippen LogP contribution in [0.4, 0.5) is 0 Å². The molecule has 1 unspecified atom stereocenters. The van der Waals surface area contributed by atoms with Crippen molar-refractivity contribution in [2.75, 3.05) is 31.9 Å². The predicted molar refractivity (Wildman–Crippen MR) is 126 cm³/mol. The van der Waals surface area contributed by atoms with Crippen molar-refractivity contribution in [3.63, 3.8) is 0 Å². The Kier molecular flexibility index (Phi) is 10.1. The van der Waals surface area contributed by atoms with Gasteiger partial charge in [-0.1, -0.05) is 32.1 Å². The maximum absolute atomic E-state index is 12.5. The summed E-state index contributed by atoms with van der Waals surface area (Å²) in [6.07, 6.45) is 6.42. The van der Waals surface area contributed by atoms with E-state index in [0.717, 1.165) is 50.1 Å². The van der Waals surface area contributed by atoms with Crippen LogP contribution in [-0.2, 0) is 17.6 Å². The second-order valence-electron chi connectivity index (χ2n) is 7.98. The van der Waals surface area contributed by atoms with Gasteiger partial charge in [0, 0.05) is 18.5 Å². The molecule has 0 radical (unpaired) electrons.